The summed E-state index contributed by atoms with van der Waals surface area (Å²) in [6.07, 6.45) is -1.22. The Morgan fingerprint density at radius 3 is 2.56 bits per heavy atom. The molecule has 5 aromatic rings. The minimum absolute atomic E-state index is 0.000888. The van der Waals surface area contributed by atoms with Gasteiger partial charge in [0, 0.05) is 37.5 Å². The Labute approximate surface area is 324 Å². The van der Waals surface area contributed by atoms with Crippen LogP contribution in [0.5, 0.6) is 17.6 Å². The fraction of sp³-hybridized carbons (Fsp3) is 0.425. The second-order valence-corrected chi connectivity index (χ2v) is 14.8. The maximum absolute atomic E-state index is 17.1. The van der Waals surface area contributed by atoms with Gasteiger partial charge in [-0.15, -0.1) is 0 Å². The zero-order valence-corrected chi connectivity index (χ0v) is 31.7. The molecule has 1 N–H and O–H groups in total. The Balaban J connectivity index is 1.25. The molecule has 11 nitrogen and oxygen atoms in total. The van der Waals surface area contributed by atoms with E-state index in [0.29, 0.717) is 36.8 Å². The van der Waals surface area contributed by atoms with Crippen molar-refractivity contribution in [3.63, 3.8) is 0 Å². The van der Waals surface area contributed by atoms with Gasteiger partial charge >= 0.3 is 12.2 Å². The number of rotatable bonds is 10. The van der Waals surface area contributed by atoms with E-state index in [2.05, 4.69) is 25.3 Å². The van der Waals surface area contributed by atoms with Crippen molar-refractivity contribution >= 4 is 22.5 Å². The van der Waals surface area contributed by atoms with E-state index in [4.69, 9.17) is 19.2 Å². The Morgan fingerprint density at radius 1 is 1.04 bits per heavy atom. The Kier molecular flexibility index (Phi) is 9.98. The van der Waals surface area contributed by atoms with E-state index in [1.807, 2.05) is 36.1 Å². The molecule has 2 aromatic carbocycles. The number of aryl methyl sites for hydroxylation is 1. The first-order chi connectivity index (χ1) is 27.3. The molecule has 0 aliphatic carbocycles. The van der Waals surface area contributed by atoms with Crippen LogP contribution >= 0.6 is 0 Å². The third-order valence-corrected chi connectivity index (χ3v) is 11.2. The molecule has 0 saturated carbocycles. The standard InChI is InChI=1S/C40H40F6N8O3/c1-21-16-27(29(40(44,45)46)22(2)30(21)42)33-31(43)34-28-36(52-38(51-34)57-20-39-10-5-13-53(39)19-25(41)17-39)54(14-15-56-37(28)50-33)23(3)32-35(48-12-11-47-32)49-18-24-6-8-26(55-4)9-7-24/h6-9,11-12,16,23,25H,5,10,13-15,17-20H2,1-4H3,(H,48,49)/t23-,25-,39+/m1/s1. The molecular formula is C40H40F6N8O3. The molecular weight excluding hydrogens is 754 g/mol. The number of pyridine rings is 1. The van der Waals surface area contributed by atoms with Crippen LogP contribution in [0, 0.1) is 25.5 Å². The van der Waals surface area contributed by atoms with Crippen molar-refractivity contribution in [2.45, 2.75) is 70.5 Å². The van der Waals surface area contributed by atoms with E-state index in [-0.39, 0.29) is 61.4 Å². The molecule has 0 amide bonds. The number of hydrogen-bond acceptors (Lipinski definition) is 11. The topological polar surface area (TPSA) is 111 Å². The molecule has 17 heteroatoms. The van der Waals surface area contributed by atoms with E-state index < -0.39 is 63.5 Å². The van der Waals surface area contributed by atoms with Gasteiger partial charge in [0.25, 0.3) is 0 Å². The van der Waals surface area contributed by atoms with Gasteiger partial charge in [0.1, 0.15) is 64.9 Å². The van der Waals surface area contributed by atoms with Crippen molar-refractivity contribution in [2.75, 3.05) is 50.2 Å². The van der Waals surface area contributed by atoms with Crippen LogP contribution in [0.4, 0.5) is 38.0 Å². The van der Waals surface area contributed by atoms with Gasteiger partial charge in [0.05, 0.1) is 30.8 Å². The second kappa shape index (κ2) is 14.8. The third-order valence-electron chi connectivity index (χ3n) is 11.2. The summed E-state index contributed by atoms with van der Waals surface area (Å²) in [6, 6.07) is 7.60. The first-order valence-corrected chi connectivity index (χ1v) is 18.7. The van der Waals surface area contributed by atoms with Crippen molar-refractivity contribution in [1.29, 1.82) is 0 Å². The fourth-order valence-electron chi connectivity index (χ4n) is 8.41. The number of alkyl halides is 4. The summed E-state index contributed by atoms with van der Waals surface area (Å²) >= 11 is 0. The number of benzene rings is 2. The molecule has 300 valence electrons. The lowest BCUT2D eigenvalue weighted by molar-refractivity contribution is -0.137. The van der Waals surface area contributed by atoms with Crippen LogP contribution in [0.15, 0.2) is 42.7 Å². The van der Waals surface area contributed by atoms with Crippen molar-refractivity contribution in [3.05, 3.63) is 82.3 Å². The van der Waals surface area contributed by atoms with Crippen LogP contribution < -0.4 is 24.4 Å². The van der Waals surface area contributed by atoms with Crippen LogP contribution in [-0.4, -0.2) is 81.5 Å². The van der Waals surface area contributed by atoms with E-state index >= 15 is 4.39 Å². The summed E-state index contributed by atoms with van der Waals surface area (Å²) in [5.74, 6) is -1.15. The fourth-order valence-corrected chi connectivity index (χ4v) is 8.41. The molecule has 0 unspecified atom stereocenters. The monoisotopic (exact) mass is 794 g/mol. The number of ether oxygens (including phenoxy) is 3. The molecule has 3 aliphatic heterocycles. The number of hydrogen-bond donors (Lipinski definition) is 1. The molecule has 3 aliphatic rings. The van der Waals surface area contributed by atoms with E-state index in [9.17, 15) is 22.0 Å². The van der Waals surface area contributed by atoms with Gasteiger partial charge in [-0.3, -0.25) is 9.88 Å². The SMILES string of the molecule is COc1ccc(CNc2nccnc2[C@@H](C)N2CCOc3nc(-c4cc(C)c(F)c(C)c4C(F)(F)F)c(F)c4nc(OC[C@@]56CCCN5C[C@H](F)C6)nc2c34)cc1. The molecule has 6 heterocycles. The maximum atomic E-state index is 17.1. The predicted octanol–water partition coefficient (Wildman–Crippen LogP) is 7.93. The average Bonchev–Trinajstić information content (AvgIpc) is 3.65. The summed E-state index contributed by atoms with van der Waals surface area (Å²) in [5.41, 5.74) is -3.11. The highest BCUT2D eigenvalue weighted by molar-refractivity contribution is 5.97. The van der Waals surface area contributed by atoms with Crippen molar-refractivity contribution in [1.82, 2.24) is 29.8 Å². The average molecular weight is 795 g/mol. The van der Waals surface area contributed by atoms with Gasteiger partial charge in [-0.05, 0) is 75.0 Å². The van der Waals surface area contributed by atoms with Crippen LogP contribution in [0.3, 0.4) is 0 Å². The maximum Gasteiger partial charge on any atom is 0.417 e. The molecule has 0 bridgehead atoms. The lowest BCUT2D eigenvalue weighted by atomic mass is 9.94. The highest BCUT2D eigenvalue weighted by Gasteiger charge is 2.49. The van der Waals surface area contributed by atoms with Crippen molar-refractivity contribution in [3.8, 4) is 28.9 Å². The van der Waals surface area contributed by atoms with E-state index in [1.54, 1.807) is 24.4 Å². The van der Waals surface area contributed by atoms with Gasteiger partial charge in [0.2, 0.25) is 5.88 Å². The van der Waals surface area contributed by atoms with Crippen LogP contribution in [0.1, 0.15) is 60.2 Å². The number of nitrogens with zero attached hydrogens (tertiary/aromatic N) is 7. The van der Waals surface area contributed by atoms with Crippen molar-refractivity contribution in [2.24, 2.45) is 0 Å². The molecule has 8 rings (SSSR count). The number of nitrogens with one attached hydrogen (secondary N) is 1. The quantitative estimate of drug-likeness (QED) is 0.139. The highest BCUT2D eigenvalue weighted by atomic mass is 19.4. The third kappa shape index (κ3) is 6.99. The summed E-state index contributed by atoms with van der Waals surface area (Å²) in [5, 5.41) is 3.34. The smallest absolute Gasteiger partial charge is 0.417 e. The van der Waals surface area contributed by atoms with Gasteiger partial charge < -0.3 is 24.4 Å². The van der Waals surface area contributed by atoms with Gasteiger partial charge in [-0.25, -0.2) is 23.1 Å². The second-order valence-electron chi connectivity index (χ2n) is 14.8. The first-order valence-electron chi connectivity index (χ1n) is 18.7. The number of anilines is 2. The summed E-state index contributed by atoms with van der Waals surface area (Å²) in [4.78, 5) is 26.6. The molecule has 2 fully saturated rings. The molecule has 0 radical (unpaired) electrons. The Bertz CT molecular complexity index is 2330. The summed E-state index contributed by atoms with van der Waals surface area (Å²) < 4.78 is 108. The van der Waals surface area contributed by atoms with Gasteiger partial charge in [-0.2, -0.15) is 23.1 Å². The Hall–Kier alpha value is -5.45. The normalized spacial score (nSPS) is 20.0. The van der Waals surface area contributed by atoms with Crippen LogP contribution in [-0.2, 0) is 12.7 Å². The first kappa shape index (κ1) is 38.4. The summed E-state index contributed by atoms with van der Waals surface area (Å²) in [6.45, 7) is 5.65. The molecule has 3 aromatic heterocycles. The van der Waals surface area contributed by atoms with E-state index in [1.165, 1.54) is 6.92 Å². The minimum atomic E-state index is -5.05. The lowest BCUT2D eigenvalue weighted by Gasteiger charge is -2.32. The van der Waals surface area contributed by atoms with Crippen molar-refractivity contribution < 1.29 is 40.6 Å². The zero-order chi connectivity index (χ0) is 40.2. The van der Waals surface area contributed by atoms with Crippen LogP contribution in [0.25, 0.3) is 22.2 Å². The lowest BCUT2D eigenvalue weighted by Crippen LogP contribution is -2.43. The van der Waals surface area contributed by atoms with Gasteiger partial charge in [-0.1, -0.05) is 12.1 Å². The molecule has 2 saturated heterocycles. The molecule has 57 heavy (non-hydrogen) atoms. The highest BCUT2D eigenvalue weighted by Crippen LogP contribution is 2.46. The molecule has 0 spiro atoms. The number of fused-ring (bicyclic) bond motifs is 1. The summed E-state index contributed by atoms with van der Waals surface area (Å²) in [7, 11) is 1.59. The largest absolute Gasteiger partial charge is 0.497 e. The van der Waals surface area contributed by atoms with E-state index in [0.717, 1.165) is 25.0 Å². The zero-order valence-electron chi connectivity index (χ0n) is 31.7. The van der Waals surface area contributed by atoms with Crippen LogP contribution in [0.2, 0.25) is 0 Å². The molecule has 3 atom stereocenters. The Morgan fingerprint density at radius 2 is 1.81 bits per heavy atom. The number of aromatic nitrogens is 5. The number of halogens is 6. The van der Waals surface area contributed by atoms with Gasteiger partial charge in [0.15, 0.2) is 5.82 Å². The number of methoxy groups -OCH3 is 1. The minimum Gasteiger partial charge on any atom is -0.497 e. The predicted molar refractivity (Wildman–Crippen MR) is 199 cm³/mol.